The number of aliphatic hydroxyl groups excluding tert-OH is 1. The van der Waals surface area contributed by atoms with Crippen LogP contribution < -0.4 is 4.74 Å². The van der Waals surface area contributed by atoms with Crippen LogP contribution in [0.15, 0.2) is 18.2 Å². The van der Waals surface area contributed by atoms with Gasteiger partial charge in [0.25, 0.3) is 0 Å². The van der Waals surface area contributed by atoms with Crippen LogP contribution in [0.3, 0.4) is 0 Å². The van der Waals surface area contributed by atoms with Gasteiger partial charge in [-0.2, -0.15) is 0 Å². The number of aromatic hydroxyl groups is 1. The lowest BCUT2D eigenvalue weighted by atomic mass is 10.1. The van der Waals surface area contributed by atoms with Crippen molar-refractivity contribution in [2.24, 2.45) is 0 Å². The first kappa shape index (κ1) is 11.3. The number of carbonyl (C=O) groups excluding carboxylic acids is 1. The zero-order valence-electron chi connectivity index (χ0n) is 8.30. The fraction of sp³-hybridized carbons (Fsp3) is 0.182. The van der Waals surface area contributed by atoms with Crippen LogP contribution in [0, 0.1) is 0 Å². The molecule has 80 valence electrons. The van der Waals surface area contributed by atoms with E-state index in [9.17, 15) is 9.90 Å². The molecule has 0 unspecified atom stereocenters. The molecule has 0 aromatic heterocycles. The van der Waals surface area contributed by atoms with E-state index in [4.69, 9.17) is 9.84 Å². The molecule has 0 saturated carbocycles. The molecule has 4 nitrogen and oxygen atoms in total. The molecule has 0 aliphatic rings. The number of aliphatic hydroxyl groups is 1. The predicted molar refractivity (Wildman–Crippen MR) is 56.2 cm³/mol. The smallest absolute Gasteiger partial charge is 0.168 e. The number of hydrogen-bond acceptors (Lipinski definition) is 4. The Bertz CT molecular complexity index is 382. The Labute approximate surface area is 87.4 Å². The van der Waals surface area contributed by atoms with Gasteiger partial charge in [-0.1, -0.05) is 18.2 Å². The minimum absolute atomic E-state index is 0.120. The highest BCUT2D eigenvalue weighted by molar-refractivity contribution is 5.87. The molecule has 0 aliphatic carbocycles. The van der Waals surface area contributed by atoms with E-state index in [1.165, 1.54) is 13.2 Å². The first-order valence-electron chi connectivity index (χ1n) is 4.37. The Morgan fingerprint density at radius 1 is 1.47 bits per heavy atom. The maximum absolute atomic E-state index is 10.8. The topological polar surface area (TPSA) is 66.8 Å². The average molecular weight is 208 g/mol. The lowest BCUT2D eigenvalue weighted by Gasteiger charge is -2.07. The number of ether oxygens (including phenoxy) is 1. The zero-order chi connectivity index (χ0) is 11.3. The van der Waals surface area contributed by atoms with Crippen molar-refractivity contribution in [2.45, 2.75) is 0 Å². The van der Waals surface area contributed by atoms with Crippen LogP contribution in [0.5, 0.6) is 11.5 Å². The highest BCUT2D eigenvalue weighted by Gasteiger charge is 2.10. The molecule has 1 aromatic carbocycles. The molecular formula is C11H12O4. The number of benzene rings is 1. The largest absolute Gasteiger partial charge is 0.504 e. The molecule has 0 amide bonds. The van der Waals surface area contributed by atoms with Gasteiger partial charge in [-0.15, -0.1) is 0 Å². The van der Waals surface area contributed by atoms with Gasteiger partial charge in [0.05, 0.1) is 19.3 Å². The summed E-state index contributed by atoms with van der Waals surface area (Å²) in [5, 5.41) is 18.2. The molecule has 15 heavy (non-hydrogen) atoms. The van der Waals surface area contributed by atoms with Gasteiger partial charge < -0.3 is 14.9 Å². The molecule has 4 heteroatoms. The number of phenols is 1. The number of aldehydes is 1. The summed E-state index contributed by atoms with van der Waals surface area (Å²) in [7, 11) is 1.41. The van der Waals surface area contributed by atoms with Gasteiger partial charge in [0.1, 0.15) is 0 Å². The fourth-order valence-electron chi connectivity index (χ4n) is 1.22. The highest BCUT2D eigenvalue weighted by Crippen LogP contribution is 2.31. The number of carbonyl (C=O) groups is 1. The summed E-state index contributed by atoms with van der Waals surface area (Å²) in [5.74, 6) is 0.0610. The van der Waals surface area contributed by atoms with E-state index in [-0.39, 0.29) is 23.7 Å². The van der Waals surface area contributed by atoms with E-state index in [2.05, 4.69) is 0 Å². The van der Waals surface area contributed by atoms with E-state index in [0.717, 1.165) is 0 Å². The Kier molecular flexibility index (Phi) is 3.88. The molecule has 1 rings (SSSR count). The molecule has 1 aromatic rings. The van der Waals surface area contributed by atoms with Gasteiger partial charge in [0, 0.05) is 0 Å². The maximum Gasteiger partial charge on any atom is 0.168 e. The molecule has 2 N–H and O–H groups in total. The summed E-state index contributed by atoms with van der Waals surface area (Å²) < 4.78 is 4.86. The number of methoxy groups -OCH3 is 1. The molecule has 0 aliphatic heterocycles. The van der Waals surface area contributed by atoms with Gasteiger partial charge in [0.15, 0.2) is 17.8 Å². The minimum atomic E-state index is -0.187. The van der Waals surface area contributed by atoms with Crippen molar-refractivity contribution in [3.63, 3.8) is 0 Å². The lowest BCUT2D eigenvalue weighted by molar-refractivity contribution is 0.112. The summed E-state index contributed by atoms with van der Waals surface area (Å²) in [5.41, 5.74) is 0.691. The molecule has 0 spiro atoms. The highest BCUT2D eigenvalue weighted by atomic mass is 16.5. The van der Waals surface area contributed by atoms with Crippen molar-refractivity contribution in [3.8, 4) is 11.5 Å². The first-order valence-corrected chi connectivity index (χ1v) is 4.37. The monoisotopic (exact) mass is 208 g/mol. The SMILES string of the molecule is COc1ccc(C=CCO)c(C=O)c1O. The lowest BCUT2D eigenvalue weighted by Crippen LogP contribution is -1.92. The van der Waals surface area contributed by atoms with E-state index in [1.807, 2.05) is 0 Å². The molecule has 0 heterocycles. The third-order valence-corrected chi connectivity index (χ3v) is 1.95. The average Bonchev–Trinajstić information content (AvgIpc) is 2.26. The Balaban J connectivity index is 3.24. The van der Waals surface area contributed by atoms with Crippen LogP contribution in [0.25, 0.3) is 6.08 Å². The second-order valence-corrected chi connectivity index (χ2v) is 2.82. The Hall–Kier alpha value is -1.81. The summed E-state index contributed by atoms with van der Waals surface area (Å²) >= 11 is 0. The maximum atomic E-state index is 10.8. The molecule has 0 radical (unpaired) electrons. The molecule has 0 fully saturated rings. The number of rotatable bonds is 4. The first-order chi connectivity index (χ1) is 7.24. The van der Waals surface area contributed by atoms with Gasteiger partial charge in [-0.25, -0.2) is 0 Å². The number of phenolic OH excluding ortho intramolecular Hbond substituents is 1. The van der Waals surface area contributed by atoms with Gasteiger partial charge in [-0.3, -0.25) is 4.79 Å². The van der Waals surface area contributed by atoms with Crippen molar-refractivity contribution in [1.82, 2.24) is 0 Å². The summed E-state index contributed by atoms with van der Waals surface area (Å²) in [6.07, 6.45) is 3.59. The van der Waals surface area contributed by atoms with Crippen molar-refractivity contribution < 1.29 is 19.7 Å². The van der Waals surface area contributed by atoms with E-state index in [1.54, 1.807) is 18.2 Å². The summed E-state index contributed by atoms with van der Waals surface area (Å²) in [6.45, 7) is -0.120. The Morgan fingerprint density at radius 3 is 2.73 bits per heavy atom. The van der Waals surface area contributed by atoms with Crippen LogP contribution in [0.4, 0.5) is 0 Å². The fourth-order valence-corrected chi connectivity index (χ4v) is 1.22. The zero-order valence-corrected chi connectivity index (χ0v) is 8.30. The third kappa shape index (κ3) is 2.35. The standard InChI is InChI=1S/C11H12O4/c1-15-10-5-4-8(3-2-6-12)9(7-13)11(10)14/h2-5,7,12,14H,6H2,1H3. The predicted octanol–water partition coefficient (Wildman–Crippen LogP) is 1.22. The van der Waals surface area contributed by atoms with Crippen LogP contribution in [0.1, 0.15) is 15.9 Å². The molecule has 0 atom stereocenters. The van der Waals surface area contributed by atoms with Crippen molar-refractivity contribution in [2.75, 3.05) is 13.7 Å². The normalized spacial score (nSPS) is 10.5. The third-order valence-electron chi connectivity index (χ3n) is 1.95. The van der Waals surface area contributed by atoms with Crippen molar-refractivity contribution in [1.29, 1.82) is 0 Å². The van der Waals surface area contributed by atoms with Crippen LogP contribution in [0.2, 0.25) is 0 Å². The van der Waals surface area contributed by atoms with Gasteiger partial charge in [-0.05, 0) is 11.6 Å². The van der Waals surface area contributed by atoms with Crippen molar-refractivity contribution in [3.05, 3.63) is 29.3 Å². The quantitative estimate of drug-likeness (QED) is 0.730. The Morgan fingerprint density at radius 2 is 2.20 bits per heavy atom. The summed E-state index contributed by atoms with van der Waals surface area (Å²) in [4.78, 5) is 10.8. The van der Waals surface area contributed by atoms with Crippen molar-refractivity contribution >= 4 is 12.4 Å². The van der Waals surface area contributed by atoms with E-state index < -0.39 is 0 Å². The van der Waals surface area contributed by atoms with Crippen LogP contribution >= 0.6 is 0 Å². The van der Waals surface area contributed by atoms with Gasteiger partial charge in [0.2, 0.25) is 0 Å². The van der Waals surface area contributed by atoms with Crippen LogP contribution in [-0.2, 0) is 0 Å². The second-order valence-electron chi connectivity index (χ2n) is 2.82. The molecular weight excluding hydrogens is 196 g/mol. The van der Waals surface area contributed by atoms with E-state index in [0.29, 0.717) is 11.8 Å². The second kappa shape index (κ2) is 5.17. The van der Waals surface area contributed by atoms with Crippen LogP contribution in [-0.4, -0.2) is 30.2 Å². The molecule has 0 saturated heterocycles. The molecule has 0 bridgehead atoms. The van der Waals surface area contributed by atoms with Gasteiger partial charge >= 0.3 is 0 Å². The number of hydrogen-bond donors (Lipinski definition) is 2. The summed E-state index contributed by atoms with van der Waals surface area (Å²) in [6, 6.07) is 3.19. The van der Waals surface area contributed by atoms with E-state index >= 15 is 0 Å². The minimum Gasteiger partial charge on any atom is -0.504 e.